The van der Waals surface area contributed by atoms with Crippen LogP contribution < -0.4 is 5.32 Å². The number of hydrogen-bond acceptors (Lipinski definition) is 2. The summed E-state index contributed by atoms with van der Waals surface area (Å²) >= 11 is 0. The number of rotatable bonds is 4. The summed E-state index contributed by atoms with van der Waals surface area (Å²) in [6.07, 6.45) is 0.891. The summed E-state index contributed by atoms with van der Waals surface area (Å²) in [6.45, 7) is 5.24. The normalized spacial score (nSPS) is 20.8. The Bertz CT molecular complexity index is 714. The Hall–Kier alpha value is -2.37. The number of urea groups is 1. The molecule has 1 unspecified atom stereocenters. The monoisotopic (exact) mass is 331 g/mol. The van der Waals surface area contributed by atoms with Crippen LogP contribution in [0.25, 0.3) is 0 Å². The van der Waals surface area contributed by atoms with Gasteiger partial charge in [-0.3, -0.25) is 9.69 Å². The average Bonchev–Trinajstić information content (AvgIpc) is 2.87. The van der Waals surface area contributed by atoms with E-state index in [1.165, 1.54) is 11.0 Å². The SMILES string of the molecule is CC(C)CCN1CC2=C(C1=O)C(c1ccccc1F)NC(=O)N2C. The van der Waals surface area contributed by atoms with Crippen LogP contribution in [0.2, 0.25) is 0 Å². The van der Waals surface area contributed by atoms with Crippen LogP contribution in [-0.4, -0.2) is 41.9 Å². The second-order valence-electron chi connectivity index (χ2n) is 6.73. The van der Waals surface area contributed by atoms with Crippen LogP contribution in [-0.2, 0) is 4.79 Å². The van der Waals surface area contributed by atoms with Crippen molar-refractivity contribution in [3.63, 3.8) is 0 Å². The summed E-state index contributed by atoms with van der Waals surface area (Å²) in [6, 6.07) is 5.20. The molecule has 1 atom stereocenters. The Balaban J connectivity index is 1.96. The van der Waals surface area contributed by atoms with Crippen LogP contribution in [0, 0.1) is 11.7 Å². The molecule has 5 nitrogen and oxygen atoms in total. The summed E-state index contributed by atoms with van der Waals surface area (Å²) in [5.74, 6) is -0.0614. The molecular weight excluding hydrogens is 309 g/mol. The van der Waals surface area contributed by atoms with Gasteiger partial charge in [-0.2, -0.15) is 0 Å². The molecule has 0 saturated heterocycles. The lowest BCUT2D eigenvalue weighted by molar-refractivity contribution is -0.125. The summed E-state index contributed by atoms with van der Waals surface area (Å²) in [4.78, 5) is 28.3. The first-order valence-corrected chi connectivity index (χ1v) is 8.21. The number of halogens is 1. The molecule has 24 heavy (non-hydrogen) atoms. The van der Waals surface area contributed by atoms with Crippen molar-refractivity contribution in [2.24, 2.45) is 5.92 Å². The number of hydrogen-bond donors (Lipinski definition) is 1. The van der Waals surface area contributed by atoms with Crippen molar-refractivity contribution in [2.45, 2.75) is 26.3 Å². The zero-order valence-electron chi connectivity index (χ0n) is 14.2. The van der Waals surface area contributed by atoms with Crippen LogP contribution in [0.4, 0.5) is 9.18 Å². The van der Waals surface area contributed by atoms with Crippen molar-refractivity contribution in [1.29, 1.82) is 0 Å². The summed E-state index contributed by atoms with van der Waals surface area (Å²) in [5, 5.41) is 2.75. The quantitative estimate of drug-likeness (QED) is 0.922. The van der Waals surface area contributed by atoms with Gasteiger partial charge < -0.3 is 10.2 Å². The maximum atomic E-state index is 14.2. The minimum absolute atomic E-state index is 0.120. The highest BCUT2D eigenvalue weighted by Crippen LogP contribution is 2.36. The van der Waals surface area contributed by atoms with Gasteiger partial charge in [0.15, 0.2) is 0 Å². The highest BCUT2D eigenvalue weighted by atomic mass is 19.1. The number of carbonyl (C=O) groups is 2. The van der Waals surface area contributed by atoms with Crippen molar-refractivity contribution in [3.8, 4) is 0 Å². The molecule has 1 N–H and O–H groups in total. The number of carbonyl (C=O) groups excluding carboxylic acids is 2. The van der Waals surface area contributed by atoms with Crippen molar-refractivity contribution < 1.29 is 14.0 Å². The van der Waals surface area contributed by atoms with Gasteiger partial charge in [0, 0.05) is 19.2 Å². The Kier molecular flexibility index (Phi) is 4.30. The Morgan fingerprint density at radius 1 is 1.29 bits per heavy atom. The molecule has 0 spiro atoms. The first-order chi connectivity index (χ1) is 11.4. The van der Waals surface area contributed by atoms with Crippen LogP contribution in [0.5, 0.6) is 0 Å². The van der Waals surface area contributed by atoms with Crippen molar-refractivity contribution in [3.05, 3.63) is 46.9 Å². The van der Waals surface area contributed by atoms with Crippen LogP contribution in [0.1, 0.15) is 31.9 Å². The van der Waals surface area contributed by atoms with Gasteiger partial charge in [0.05, 0.1) is 23.9 Å². The highest BCUT2D eigenvalue weighted by Gasteiger charge is 2.43. The lowest BCUT2D eigenvalue weighted by Crippen LogP contribution is -2.45. The molecule has 128 valence electrons. The van der Waals surface area contributed by atoms with E-state index in [4.69, 9.17) is 0 Å². The van der Waals surface area contributed by atoms with Gasteiger partial charge in [-0.15, -0.1) is 0 Å². The molecule has 2 heterocycles. The predicted octanol–water partition coefficient (Wildman–Crippen LogP) is 2.66. The molecule has 0 saturated carbocycles. The number of benzene rings is 1. The van der Waals surface area contributed by atoms with E-state index < -0.39 is 11.9 Å². The number of amides is 3. The van der Waals surface area contributed by atoms with E-state index >= 15 is 0 Å². The van der Waals surface area contributed by atoms with Crippen molar-refractivity contribution in [2.75, 3.05) is 20.1 Å². The maximum absolute atomic E-state index is 14.2. The zero-order valence-corrected chi connectivity index (χ0v) is 14.2. The summed E-state index contributed by atoms with van der Waals surface area (Å²) < 4.78 is 14.2. The fourth-order valence-corrected chi connectivity index (χ4v) is 3.16. The molecule has 3 rings (SSSR count). The van der Waals surface area contributed by atoms with Gasteiger partial charge in [0.1, 0.15) is 5.82 Å². The molecule has 1 aromatic carbocycles. The standard InChI is InChI=1S/C18H22FN3O2/c1-11(2)8-9-22-10-14-15(17(22)23)16(20-18(24)21(14)3)12-6-4-5-7-13(12)19/h4-7,11,16H,8-10H2,1-3H3,(H,20,24). The lowest BCUT2D eigenvalue weighted by Gasteiger charge is -2.31. The minimum Gasteiger partial charge on any atom is -0.333 e. The van der Waals surface area contributed by atoms with Crippen molar-refractivity contribution in [1.82, 2.24) is 15.1 Å². The van der Waals surface area contributed by atoms with E-state index in [1.807, 2.05) is 0 Å². The third-order valence-electron chi connectivity index (χ3n) is 4.63. The average molecular weight is 331 g/mol. The fraction of sp³-hybridized carbons (Fsp3) is 0.444. The molecule has 0 fully saturated rings. The molecule has 3 amide bonds. The van der Waals surface area contributed by atoms with Crippen LogP contribution in [0.3, 0.4) is 0 Å². The lowest BCUT2D eigenvalue weighted by atomic mass is 9.95. The van der Waals surface area contributed by atoms with Gasteiger partial charge in [0.25, 0.3) is 5.91 Å². The molecular formula is C18H22FN3O2. The Morgan fingerprint density at radius 3 is 2.67 bits per heavy atom. The predicted molar refractivity (Wildman–Crippen MR) is 88.5 cm³/mol. The topological polar surface area (TPSA) is 52.7 Å². The largest absolute Gasteiger partial charge is 0.333 e. The van der Waals surface area contributed by atoms with E-state index in [-0.39, 0.29) is 11.9 Å². The first kappa shape index (κ1) is 16.5. The molecule has 0 bridgehead atoms. The molecule has 2 aliphatic heterocycles. The second-order valence-corrected chi connectivity index (χ2v) is 6.73. The summed E-state index contributed by atoms with van der Waals surface area (Å²) in [7, 11) is 1.64. The van der Waals surface area contributed by atoms with E-state index in [0.717, 1.165) is 6.42 Å². The summed E-state index contributed by atoms with van der Waals surface area (Å²) in [5.41, 5.74) is 1.47. The van der Waals surface area contributed by atoms with E-state index in [1.54, 1.807) is 30.1 Å². The first-order valence-electron chi connectivity index (χ1n) is 8.21. The second kappa shape index (κ2) is 6.26. The van der Waals surface area contributed by atoms with Gasteiger partial charge in [-0.25, -0.2) is 9.18 Å². The molecule has 0 radical (unpaired) electrons. The van der Waals surface area contributed by atoms with Gasteiger partial charge in [-0.1, -0.05) is 32.0 Å². The van der Waals surface area contributed by atoms with Gasteiger partial charge in [0.2, 0.25) is 0 Å². The van der Waals surface area contributed by atoms with E-state index in [0.29, 0.717) is 35.8 Å². The maximum Gasteiger partial charge on any atom is 0.322 e. The van der Waals surface area contributed by atoms with Gasteiger partial charge in [-0.05, 0) is 18.4 Å². The highest BCUT2D eigenvalue weighted by molar-refractivity contribution is 6.01. The fourth-order valence-electron chi connectivity index (χ4n) is 3.16. The van der Waals surface area contributed by atoms with Crippen LogP contribution >= 0.6 is 0 Å². The van der Waals surface area contributed by atoms with E-state index in [9.17, 15) is 14.0 Å². The third kappa shape index (κ3) is 2.77. The number of nitrogens with one attached hydrogen (secondary N) is 1. The number of nitrogens with zero attached hydrogens (tertiary/aromatic N) is 2. The molecule has 0 aliphatic carbocycles. The third-order valence-corrected chi connectivity index (χ3v) is 4.63. The number of likely N-dealkylation sites (N-methyl/N-ethyl adjacent to an activating group) is 1. The van der Waals surface area contributed by atoms with Crippen molar-refractivity contribution >= 4 is 11.9 Å². The Morgan fingerprint density at radius 2 is 2.00 bits per heavy atom. The van der Waals surface area contributed by atoms with Gasteiger partial charge >= 0.3 is 6.03 Å². The smallest absolute Gasteiger partial charge is 0.322 e. The minimum atomic E-state index is -0.735. The molecule has 1 aromatic rings. The van der Waals surface area contributed by atoms with E-state index in [2.05, 4.69) is 19.2 Å². The van der Waals surface area contributed by atoms with Crippen LogP contribution in [0.15, 0.2) is 35.5 Å². The zero-order chi connectivity index (χ0) is 17.4. The Labute approximate surface area is 141 Å². The molecule has 2 aliphatic rings. The molecule has 6 heteroatoms. The molecule has 0 aromatic heterocycles.